The molecule has 8 heteroatoms. The number of halogens is 3. The van der Waals surface area contributed by atoms with Gasteiger partial charge in [0.1, 0.15) is 17.2 Å². The van der Waals surface area contributed by atoms with Crippen LogP contribution in [0.3, 0.4) is 0 Å². The van der Waals surface area contributed by atoms with Crippen molar-refractivity contribution in [3.8, 4) is 17.2 Å². The highest BCUT2D eigenvalue weighted by Gasteiger charge is 2.18. The molecule has 4 nitrogen and oxygen atoms in total. The van der Waals surface area contributed by atoms with Gasteiger partial charge in [-0.3, -0.25) is 4.79 Å². The molecule has 0 aromatic heterocycles. The molecule has 0 aliphatic rings. The standard InChI is InChI=1S/C25H21Cl3O4S/c1-30-18-11-22(31-2)19(23(12-18)32-3)13-24(25(29)16-5-7-17(26)8-6-16)33-14-15-4-9-20(27)21(28)10-15/h4-13H,14H2,1-3H3/b24-13+. The fraction of sp³-hybridized carbons (Fsp3) is 0.160. The van der Waals surface area contributed by atoms with Crippen LogP contribution in [0.1, 0.15) is 21.5 Å². The van der Waals surface area contributed by atoms with Crippen molar-refractivity contribution in [2.75, 3.05) is 21.3 Å². The maximum absolute atomic E-state index is 13.4. The number of ether oxygens (including phenoxy) is 3. The topological polar surface area (TPSA) is 44.8 Å². The number of ketones is 1. The molecule has 0 aliphatic heterocycles. The minimum atomic E-state index is -0.156. The van der Waals surface area contributed by atoms with Crippen LogP contribution in [0.5, 0.6) is 17.2 Å². The zero-order valence-corrected chi connectivity index (χ0v) is 21.2. The summed E-state index contributed by atoms with van der Waals surface area (Å²) in [6.07, 6.45) is 1.76. The lowest BCUT2D eigenvalue weighted by Gasteiger charge is -2.14. The first kappa shape index (κ1) is 25.3. The quantitative estimate of drug-likeness (QED) is 0.211. The third-order valence-corrected chi connectivity index (χ3v) is 6.82. The van der Waals surface area contributed by atoms with Crippen LogP contribution in [0.15, 0.2) is 59.5 Å². The summed E-state index contributed by atoms with van der Waals surface area (Å²) in [5.74, 6) is 1.96. The second-order valence-corrected chi connectivity index (χ2v) is 9.10. The first-order valence-electron chi connectivity index (χ1n) is 9.75. The van der Waals surface area contributed by atoms with Crippen molar-refractivity contribution in [1.29, 1.82) is 0 Å². The zero-order valence-electron chi connectivity index (χ0n) is 18.2. The fourth-order valence-corrected chi connectivity index (χ4v) is 4.41. The first-order chi connectivity index (χ1) is 15.9. The van der Waals surface area contributed by atoms with Gasteiger partial charge in [-0.25, -0.2) is 0 Å². The van der Waals surface area contributed by atoms with Crippen molar-refractivity contribution in [3.05, 3.63) is 91.3 Å². The molecule has 0 unspecified atom stereocenters. The summed E-state index contributed by atoms with van der Waals surface area (Å²) in [7, 11) is 4.66. The molecule has 0 radical (unpaired) electrons. The monoisotopic (exact) mass is 522 g/mol. The molecular formula is C25H21Cl3O4S. The molecule has 0 saturated heterocycles. The molecular weight excluding hydrogens is 503 g/mol. The number of hydrogen-bond acceptors (Lipinski definition) is 5. The van der Waals surface area contributed by atoms with Crippen molar-refractivity contribution in [2.45, 2.75) is 5.75 Å². The van der Waals surface area contributed by atoms with Gasteiger partial charge in [0, 0.05) is 28.5 Å². The molecule has 172 valence electrons. The number of thioether (sulfide) groups is 1. The molecule has 0 amide bonds. The molecule has 33 heavy (non-hydrogen) atoms. The van der Waals surface area contributed by atoms with Crippen molar-refractivity contribution >= 4 is 58.4 Å². The number of methoxy groups -OCH3 is 3. The summed E-state index contributed by atoms with van der Waals surface area (Å²) in [5.41, 5.74) is 2.07. The predicted octanol–water partition coefficient (Wildman–Crippen LogP) is 7.83. The van der Waals surface area contributed by atoms with E-state index in [-0.39, 0.29) is 5.78 Å². The van der Waals surface area contributed by atoms with Crippen molar-refractivity contribution in [1.82, 2.24) is 0 Å². The van der Waals surface area contributed by atoms with Gasteiger partial charge in [-0.05, 0) is 48.0 Å². The molecule has 0 aliphatic carbocycles. The molecule has 0 fully saturated rings. The van der Waals surface area contributed by atoms with Gasteiger partial charge < -0.3 is 14.2 Å². The Morgan fingerprint density at radius 1 is 0.848 bits per heavy atom. The SMILES string of the molecule is COc1cc(OC)c(/C=C(/SCc2ccc(Cl)c(Cl)c2)C(=O)c2ccc(Cl)cc2)c(OC)c1. The molecule has 0 spiro atoms. The lowest BCUT2D eigenvalue weighted by molar-refractivity contribution is 0.104. The van der Waals surface area contributed by atoms with Gasteiger partial charge >= 0.3 is 0 Å². The molecule has 0 bridgehead atoms. The van der Waals surface area contributed by atoms with Crippen LogP contribution in [0, 0.1) is 0 Å². The predicted molar refractivity (Wildman–Crippen MR) is 138 cm³/mol. The molecule has 3 aromatic rings. The Labute approximate surface area is 212 Å². The van der Waals surface area contributed by atoms with E-state index in [2.05, 4.69) is 0 Å². The Morgan fingerprint density at radius 2 is 1.48 bits per heavy atom. The van der Waals surface area contributed by atoms with Gasteiger partial charge in [0.15, 0.2) is 5.78 Å². The van der Waals surface area contributed by atoms with E-state index >= 15 is 0 Å². The first-order valence-corrected chi connectivity index (χ1v) is 11.9. The normalized spacial score (nSPS) is 11.3. The maximum atomic E-state index is 13.4. The highest BCUT2D eigenvalue weighted by Crippen LogP contribution is 2.38. The third kappa shape index (κ3) is 6.39. The summed E-state index contributed by atoms with van der Waals surface area (Å²) in [6.45, 7) is 0. The van der Waals surface area contributed by atoms with E-state index in [1.807, 2.05) is 6.07 Å². The number of allylic oxidation sites excluding steroid dienone is 1. The average molecular weight is 524 g/mol. The van der Waals surface area contributed by atoms with Crippen LogP contribution in [-0.2, 0) is 5.75 Å². The Hall–Kier alpha value is -2.31. The number of benzene rings is 3. The molecule has 0 saturated carbocycles. The van der Waals surface area contributed by atoms with E-state index in [4.69, 9.17) is 49.0 Å². The number of hydrogen-bond donors (Lipinski definition) is 0. The van der Waals surface area contributed by atoms with Crippen molar-refractivity contribution < 1.29 is 19.0 Å². The number of carbonyl (C=O) groups is 1. The number of carbonyl (C=O) groups excluding carboxylic acids is 1. The van der Waals surface area contributed by atoms with Crippen LogP contribution >= 0.6 is 46.6 Å². The molecule has 0 N–H and O–H groups in total. The summed E-state index contributed by atoms with van der Waals surface area (Å²) in [4.78, 5) is 13.9. The van der Waals surface area contributed by atoms with E-state index in [0.717, 1.165) is 5.56 Å². The lowest BCUT2D eigenvalue weighted by Crippen LogP contribution is -2.02. The van der Waals surface area contributed by atoms with E-state index < -0.39 is 0 Å². The molecule has 3 aromatic carbocycles. The average Bonchev–Trinajstić information content (AvgIpc) is 2.83. The van der Waals surface area contributed by atoms with Crippen LogP contribution < -0.4 is 14.2 Å². The third-order valence-electron chi connectivity index (χ3n) is 4.74. The van der Waals surface area contributed by atoms with Crippen LogP contribution in [0.25, 0.3) is 6.08 Å². The minimum absolute atomic E-state index is 0.156. The number of rotatable bonds is 9. The highest BCUT2D eigenvalue weighted by molar-refractivity contribution is 8.03. The van der Waals surface area contributed by atoms with Gasteiger partial charge in [0.05, 0.1) is 41.8 Å². The number of Topliss-reactive ketones (excluding diaryl/α,β-unsaturated/α-hetero) is 1. The van der Waals surface area contributed by atoms with Crippen molar-refractivity contribution in [3.63, 3.8) is 0 Å². The lowest BCUT2D eigenvalue weighted by atomic mass is 10.1. The molecule has 0 heterocycles. The van der Waals surface area contributed by atoms with E-state index in [1.165, 1.54) is 11.8 Å². The van der Waals surface area contributed by atoms with E-state index in [9.17, 15) is 4.79 Å². The van der Waals surface area contributed by atoms with Gasteiger partial charge in [-0.2, -0.15) is 0 Å². The van der Waals surface area contributed by atoms with Crippen molar-refractivity contribution in [2.24, 2.45) is 0 Å². The Morgan fingerprint density at radius 3 is 2.03 bits per heavy atom. The Bertz CT molecular complexity index is 1150. The maximum Gasteiger partial charge on any atom is 0.199 e. The second-order valence-electron chi connectivity index (χ2n) is 6.83. The summed E-state index contributed by atoms with van der Waals surface area (Å²) in [6, 6.07) is 15.6. The van der Waals surface area contributed by atoms with Gasteiger partial charge in [-0.15, -0.1) is 11.8 Å². The Kier molecular flexibility index (Phi) is 8.98. The zero-order chi connectivity index (χ0) is 24.0. The smallest absolute Gasteiger partial charge is 0.199 e. The summed E-state index contributed by atoms with van der Waals surface area (Å²) >= 11 is 19.6. The van der Waals surface area contributed by atoms with E-state index in [0.29, 0.717) is 54.1 Å². The van der Waals surface area contributed by atoms with Gasteiger partial charge in [0.2, 0.25) is 0 Å². The molecule has 3 rings (SSSR count). The molecule has 0 atom stereocenters. The minimum Gasteiger partial charge on any atom is -0.496 e. The van der Waals surface area contributed by atoms with Gasteiger partial charge in [-0.1, -0.05) is 40.9 Å². The van der Waals surface area contributed by atoms with E-state index in [1.54, 1.807) is 75.9 Å². The largest absolute Gasteiger partial charge is 0.496 e. The van der Waals surface area contributed by atoms with Gasteiger partial charge in [0.25, 0.3) is 0 Å². The van der Waals surface area contributed by atoms with Crippen LogP contribution in [0.4, 0.5) is 0 Å². The Balaban J connectivity index is 2.05. The second kappa shape index (κ2) is 11.7. The highest BCUT2D eigenvalue weighted by atomic mass is 35.5. The summed E-state index contributed by atoms with van der Waals surface area (Å²) in [5, 5.41) is 1.49. The van der Waals surface area contributed by atoms with Crippen LogP contribution in [-0.4, -0.2) is 27.1 Å². The summed E-state index contributed by atoms with van der Waals surface area (Å²) < 4.78 is 16.4. The van der Waals surface area contributed by atoms with Crippen LogP contribution in [0.2, 0.25) is 15.1 Å². The fourth-order valence-electron chi connectivity index (χ4n) is 3.01.